The van der Waals surface area contributed by atoms with Gasteiger partial charge in [0.05, 0.1) is 18.2 Å². The third-order valence-corrected chi connectivity index (χ3v) is 4.35. The van der Waals surface area contributed by atoms with Crippen LogP contribution in [-0.2, 0) is 6.42 Å². The van der Waals surface area contributed by atoms with Crippen LogP contribution < -0.4 is 20.7 Å². The number of carbonyl (C=O) groups excluding carboxylic acids is 2. The number of aryl methyl sites for hydroxylation is 1. The van der Waals surface area contributed by atoms with Crippen molar-refractivity contribution in [3.63, 3.8) is 0 Å². The van der Waals surface area contributed by atoms with Crippen molar-refractivity contribution >= 4 is 17.5 Å². The number of nitrogens with one attached hydrogen (secondary N) is 3. The van der Waals surface area contributed by atoms with Gasteiger partial charge in [-0.3, -0.25) is 9.59 Å². The predicted molar refractivity (Wildman–Crippen MR) is 101 cm³/mol. The highest BCUT2D eigenvalue weighted by Gasteiger charge is 2.15. The first-order chi connectivity index (χ1) is 12.6. The average molecular weight is 353 g/mol. The summed E-state index contributed by atoms with van der Waals surface area (Å²) in [6.07, 6.45) is 0.677. The number of fused-ring (bicyclic) bond motifs is 1. The highest BCUT2D eigenvalue weighted by molar-refractivity contribution is 6.00. The predicted octanol–water partition coefficient (Wildman–Crippen LogP) is 2.13. The van der Waals surface area contributed by atoms with Gasteiger partial charge in [-0.15, -0.1) is 0 Å². The van der Waals surface area contributed by atoms with Crippen molar-refractivity contribution in [2.45, 2.75) is 13.3 Å². The van der Waals surface area contributed by atoms with Crippen LogP contribution in [0, 0.1) is 6.92 Å². The second-order valence-corrected chi connectivity index (χ2v) is 6.27. The van der Waals surface area contributed by atoms with Crippen LogP contribution in [0.5, 0.6) is 5.75 Å². The largest absolute Gasteiger partial charge is 0.496 e. The van der Waals surface area contributed by atoms with Crippen molar-refractivity contribution in [3.05, 3.63) is 58.7 Å². The van der Waals surface area contributed by atoms with Gasteiger partial charge in [-0.05, 0) is 43.2 Å². The van der Waals surface area contributed by atoms with Crippen molar-refractivity contribution in [3.8, 4) is 5.75 Å². The molecule has 3 rings (SSSR count). The van der Waals surface area contributed by atoms with Crippen molar-refractivity contribution in [2.75, 3.05) is 32.1 Å². The molecule has 0 spiro atoms. The maximum atomic E-state index is 12.4. The highest BCUT2D eigenvalue weighted by Crippen LogP contribution is 2.21. The normalized spacial score (nSPS) is 13.1. The third-order valence-electron chi connectivity index (χ3n) is 4.35. The number of amides is 2. The second-order valence-electron chi connectivity index (χ2n) is 6.27. The summed E-state index contributed by atoms with van der Waals surface area (Å²) in [6.45, 7) is 3.75. The lowest BCUT2D eigenvalue weighted by Gasteiger charge is -2.11. The Hall–Kier alpha value is -3.02. The third kappa shape index (κ3) is 3.96. The molecule has 0 saturated carbocycles. The van der Waals surface area contributed by atoms with Gasteiger partial charge in [-0.25, -0.2) is 0 Å². The summed E-state index contributed by atoms with van der Waals surface area (Å²) in [4.78, 5) is 24.4. The molecule has 0 saturated heterocycles. The molecular formula is C20H23N3O3. The van der Waals surface area contributed by atoms with Crippen molar-refractivity contribution in [1.82, 2.24) is 10.6 Å². The lowest BCUT2D eigenvalue weighted by Crippen LogP contribution is -2.26. The van der Waals surface area contributed by atoms with Crippen molar-refractivity contribution in [1.29, 1.82) is 0 Å². The Balaban J connectivity index is 1.63. The number of benzene rings is 2. The fraction of sp³-hybridized carbons (Fsp3) is 0.300. The smallest absolute Gasteiger partial charge is 0.255 e. The minimum absolute atomic E-state index is 0.0589. The van der Waals surface area contributed by atoms with Crippen LogP contribution in [0.4, 0.5) is 5.69 Å². The van der Waals surface area contributed by atoms with E-state index in [-0.39, 0.29) is 11.8 Å². The van der Waals surface area contributed by atoms with E-state index in [0.717, 1.165) is 16.8 Å². The van der Waals surface area contributed by atoms with Gasteiger partial charge in [-0.2, -0.15) is 0 Å². The Kier molecular flexibility index (Phi) is 5.41. The van der Waals surface area contributed by atoms with E-state index < -0.39 is 0 Å². The molecule has 3 N–H and O–H groups in total. The first kappa shape index (κ1) is 17.8. The molecule has 6 nitrogen and oxygen atoms in total. The van der Waals surface area contributed by atoms with E-state index in [4.69, 9.17) is 4.74 Å². The Morgan fingerprint density at radius 1 is 1.15 bits per heavy atom. The second kappa shape index (κ2) is 7.91. The summed E-state index contributed by atoms with van der Waals surface area (Å²) in [5.74, 6) is 0.350. The van der Waals surface area contributed by atoms with Crippen molar-refractivity contribution < 1.29 is 14.3 Å². The van der Waals surface area contributed by atoms with E-state index in [0.29, 0.717) is 42.9 Å². The Labute approximate surface area is 152 Å². The summed E-state index contributed by atoms with van der Waals surface area (Å²) < 4.78 is 5.26. The molecule has 2 aromatic carbocycles. The number of rotatable bonds is 5. The van der Waals surface area contributed by atoms with E-state index in [9.17, 15) is 9.59 Å². The van der Waals surface area contributed by atoms with Gasteiger partial charge >= 0.3 is 0 Å². The molecular weight excluding hydrogens is 330 g/mol. The van der Waals surface area contributed by atoms with Gasteiger partial charge in [0, 0.05) is 25.3 Å². The molecule has 1 aliphatic heterocycles. The van der Waals surface area contributed by atoms with Gasteiger partial charge in [0.15, 0.2) is 0 Å². The van der Waals surface area contributed by atoms with Gasteiger partial charge in [0.1, 0.15) is 5.75 Å². The Bertz CT molecular complexity index is 833. The van der Waals surface area contributed by atoms with Crippen LogP contribution in [0.15, 0.2) is 36.4 Å². The lowest BCUT2D eigenvalue weighted by molar-refractivity contribution is 0.0946. The molecule has 6 heteroatoms. The maximum absolute atomic E-state index is 12.4. The molecule has 26 heavy (non-hydrogen) atoms. The molecule has 0 aromatic heterocycles. The molecule has 0 unspecified atom stereocenters. The average Bonchev–Trinajstić information content (AvgIpc) is 2.83. The minimum atomic E-state index is -0.155. The number of carbonyl (C=O) groups is 2. The summed E-state index contributed by atoms with van der Waals surface area (Å²) >= 11 is 0. The Morgan fingerprint density at radius 3 is 2.77 bits per heavy atom. The molecule has 136 valence electrons. The van der Waals surface area contributed by atoms with Crippen LogP contribution >= 0.6 is 0 Å². The molecule has 0 atom stereocenters. The molecule has 2 aromatic rings. The van der Waals surface area contributed by atoms with E-state index in [2.05, 4.69) is 16.0 Å². The van der Waals surface area contributed by atoms with Crippen LogP contribution in [0.3, 0.4) is 0 Å². The van der Waals surface area contributed by atoms with E-state index in [1.807, 2.05) is 37.3 Å². The van der Waals surface area contributed by atoms with E-state index in [1.165, 1.54) is 0 Å². The molecule has 0 bridgehead atoms. The minimum Gasteiger partial charge on any atom is -0.496 e. The number of methoxy groups -OCH3 is 1. The monoisotopic (exact) mass is 353 g/mol. The summed E-state index contributed by atoms with van der Waals surface area (Å²) in [7, 11) is 1.56. The van der Waals surface area contributed by atoms with Crippen LogP contribution in [0.25, 0.3) is 0 Å². The number of ether oxygens (including phenoxy) is 1. The number of anilines is 1. The first-order valence-corrected chi connectivity index (χ1v) is 8.66. The number of hydrogen-bond acceptors (Lipinski definition) is 4. The maximum Gasteiger partial charge on any atom is 0.255 e. The van der Waals surface area contributed by atoms with Gasteiger partial charge in [-0.1, -0.05) is 17.7 Å². The van der Waals surface area contributed by atoms with Crippen molar-refractivity contribution in [2.24, 2.45) is 0 Å². The van der Waals surface area contributed by atoms with Gasteiger partial charge in [0.2, 0.25) is 0 Å². The zero-order chi connectivity index (χ0) is 18.5. The van der Waals surface area contributed by atoms with E-state index in [1.54, 1.807) is 13.2 Å². The van der Waals surface area contributed by atoms with Crippen LogP contribution in [0.1, 0.15) is 31.8 Å². The summed E-state index contributed by atoms with van der Waals surface area (Å²) in [5, 5.41) is 9.03. The molecule has 0 radical (unpaired) electrons. The molecule has 0 aliphatic carbocycles. The lowest BCUT2D eigenvalue weighted by atomic mass is 10.1. The summed E-state index contributed by atoms with van der Waals surface area (Å²) in [6, 6.07) is 11.2. The molecule has 2 amide bonds. The van der Waals surface area contributed by atoms with Crippen LogP contribution in [0.2, 0.25) is 0 Å². The first-order valence-electron chi connectivity index (χ1n) is 8.66. The number of hydrogen-bond donors (Lipinski definition) is 3. The fourth-order valence-corrected chi connectivity index (χ4v) is 2.97. The van der Waals surface area contributed by atoms with Gasteiger partial charge in [0.25, 0.3) is 11.8 Å². The molecule has 1 heterocycles. The molecule has 0 fully saturated rings. The standard InChI is InChI=1S/C20H23N3O3/c1-13-3-6-18(26-2)16(11-13)20(25)22-8-7-14-4-5-15-17(12-14)21-9-10-23-19(15)24/h3-6,11-12,21H,7-10H2,1-2H3,(H,22,25)(H,23,24). The summed E-state index contributed by atoms with van der Waals surface area (Å²) in [5.41, 5.74) is 4.09. The zero-order valence-electron chi connectivity index (χ0n) is 15.0. The Morgan fingerprint density at radius 2 is 1.96 bits per heavy atom. The quantitative estimate of drug-likeness (QED) is 0.769. The fourth-order valence-electron chi connectivity index (χ4n) is 2.97. The highest BCUT2D eigenvalue weighted by atomic mass is 16.5. The zero-order valence-corrected chi connectivity index (χ0v) is 15.0. The van der Waals surface area contributed by atoms with Gasteiger partial charge < -0.3 is 20.7 Å². The SMILES string of the molecule is COc1ccc(C)cc1C(=O)NCCc1ccc2c(c1)NCCNC2=O. The topological polar surface area (TPSA) is 79.5 Å². The van der Waals surface area contributed by atoms with E-state index >= 15 is 0 Å². The molecule has 1 aliphatic rings. The van der Waals surface area contributed by atoms with Crippen LogP contribution in [-0.4, -0.2) is 38.6 Å².